The van der Waals surface area contributed by atoms with Gasteiger partial charge in [0.25, 0.3) is 5.91 Å². The number of amides is 1. The van der Waals surface area contributed by atoms with Crippen LogP contribution in [0.15, 0.2) is 22.8 Å². The lowest BCUT2D eigenvalue weighted by atomic mass is 9.97. The average Bonchev–Trinajstić information content (AvgIpc) is 3.16. The second-order valence-corrected chi connectivity index (χ2v) is 6.58. The van der Waals surface area contributed by atoms with E-state index in [0.717, 1.165) is 35.8 Å². The van der Waals surface area contributed by atoms with E-state index >= 15 is 0 Å². The maximum atomic E-state index is 12.6. The first kappa shape index (κ1) is 14.3. The van der Waals surface area contributed by atoms with Crippen LogP contribution in [0.3, 0.4) is 0 Å². The molecule has 0 spiro atoms. The highest BCUT2D eigenvalue weighted by molar-refractivity contribution is 7.15. The van der Waals surface area contributed by atoms with Crippen molar-refractivity contribution in [3.8, 4) is 10.8 Å². The van der Waals surface area contributed by atoms with Crippen LogP contribution in [0, 0.1) is 12.8 Å². The summed E-state index contributed by atoms with van der Waals surface area (Å²) < 4.78 is 5.35. The number of carbonyl (C=O) groups excluding carboxylic acids is 1. The first-order valence-corrected chi connectivity index (χ1v) is 8.01. The molecule has 0 unspecified atom stereocenters. The van der Waals surface area contributed by atoms with Crippen LogP contribution in [0.1, 0.15) is 28.2 Å². The van der Waals surface area contributed by atoms with Crippen molar-refractivity contribution in [2.45, 2.75) is 19.8 Å². The zero-order valence-corrected chi connectivity index (χ0v) is 12.9. The minimum absolute atomic E-state index is 0.0250. The summed E-state index contributed by atoms with van der Waals surface area (Å²) in [7, 11) is 0. The predicted octanol–water partition coefficient (Wildman–Crippen LogP) is 2.52. The highest BCUT2D eigenvalue weighted by Crippen LogP contribution is 2.29. The van der Waals surface area contributed by atoms with Crippen LogP contribution in [-0.2, 0) is 0 Å². The summed E-state index contributed by atoms with van der Waals surface area (Å²) in [4.78, 5) is 19.9. The van der Waals surface area contributed by atoms with Crippen LogP contribution in [0.2, 0.25) is 0 Å². The lowest BCUT2D eigenvalue weighted by molar-refractivity contribution is 0.0687. The normalized spacial score (nSPS) is 16.4. The van der Waals surface area contributed by atoms with E-state index in [9.17, 15) is 4.79 Å². The molecule has 1 fully saturated rings. The number of rotatable bonds is 3. The summed E-state index contributed by atoms with van der Waals surface area (Å²) >= 11 is 1.50. The molecule has 0 atom stereocenters. The lowest BCUT2D eigenvalue weighted by Crippen LogP contribution is -2.40. The monoisotopic (exact) mass is 305 g/mol. The van der Waals surface area contributed by atoms with Crippen molar-refractivity contribution in [2.75, 3.05) is 19.6 Å². The number of nitrogens with zero attached hydrogens (tertiary/aromatic N) is 2. The van der Waals surface area contributed by atoms with Gasteiger partial charge in [-0.25, -0.2) is 4.98 Å². The molecule has 2 N–H and O–H groups in total. The maximum Gasteiger partial charge on any atom is 0.273 e. The summed E-state index contributed by atoms with van der Waals surface area (Å²) in [5.74, 6) is 1.28. The molecule has 0 saturated carbocycles. The molecular formula is C15H19N3O2S. The number of aromatic nitrogens is 1. The van der Waals surface area contributed by atoms with Gasteiger partial charge in [-0.3, -0.25) is 4.79 Å². The van der Waals surface area contributed by atoms with Gasteiger partial charge in [-0.05, 0) is 44.4 Å². The van der Waals surface area contributed by atoms with Gasteiger partial charge in [-0.1, -0.05) is 0 Å². The molecule has 6 heteroatoms. The summed E-state index contributed by atoms with van der Waals surface area (Å²) in [6.45, 7) is 4.19. The third-order valence-electron chi connectivity index (χ3n) is 3.97. The molecule has 2 aromatic heterocycles. The van der Waals surface area contributed by atoms with Crippen molar-refractivity contribution in [1.82, 2.24) is 9.88 Å². The van der Waals surface area contributed by atoms with E-state index < -0.39 is 0 Å². The van der Waals surface area contributed by atoms with Crippen molar-refractivity contribution in [3.05, 3.63) is 29.0 Å². The third-order valence-corrected chi connectivity index (χ3v) is 4.95. The smallest absolute Gasteiger partial charge is 0.273 e. The van der Waals surface area contributed by atoms with Crippen molar-refractivity contribution in [2.24, 2.45) is 11.7 Å². The molecule has 0 radical (unpaired) electrons. The van der Waals surface area contributed by atoms with Gasteiger partial charge in [0.05, 0.1) is 6.26 Å². The van der Waals surface area contributed by atoms with Crippen LogP contribution in [0.5, 0.6) is 0 Å². The molecule has 0 aliphatic carbocycles. The molecule has 1 amide bonds. The Balaban J connectivity index is 1.76. The van der Waals surface area contributed by atoms with Gasteiger partial charge in [-0.2, -0.15) is 0 Å². The molecule has 2 aromatic rings. The molecule has 1 saturated heterocycles. The van der Waals surface area contributed by atoms with Crippen molar-refractivity contribution < 1.29 is 9.21 Å². The SMILES string of the molecule is Cc1sc(-c2ccco2)nc1C(=O)N1CCC(CN)CC1. The van der Waals surface area contributed by atoms with Crippen LogP contribution in [0.4, 0.5) is 0 Å². The van der Waals surface area contributed by atoms with Gasteiger partial charge in [0.2, 0.25) is 0 Å². The van der Waals surface area contributed by atoms with Gasteiger partial charge in [0.1, 0.15) is 5.69 Å². The van der Waals surface area contributed by atoms with Gasteiger partial charge >= 0.3 is 0 Å². The molecule has 3 heterocycles. The summed E-state index contributed by atoms with van der Waals surface area (Å²) in [5.41, 5.74) is 6.25. The van der Waals surface area contributed by atoms with Crippen molar-refractivity contribution in [1.29, 1.82) is 0 Å². The summed E-state index contributed by atoms with van der Waals surface area (Å²) in [5, 5.41) is 0.762. The first-order chi connectivity index (χ1) is 10.2. The fourth-order valence-corrected chi connectivity index (χ4v) is 3.50. The Morgan fingerprint density at radius 2 is 2.29 bits per heavy atom. The Labute approximate surface area is 127 Å². The van der Waals surface area contributed by atoms with E-state index in [2.05, 4.69) is 4.98 Å². The molecule has 21 heavy (non-hydrogen) atoms. The number of hydrogen-bond acceptors (Lipinski definition) is 5. The summed E-state index contributed by atoms with van der Waals surface area (Å²) in [6, 6.07) is 3.68. The second kappa shape index (κ2) is 5.99. The fourth-order valence-electron chi connectivity index (χ4n) is 2.62. The Hall–Kier alpha value is -1.66. The number of aryl methyl sites for hydroxylation is 1. The van der Waals surface area contributed by atoms with Crippen LogP contribution >= 0.6 is 11.3 Å². The molecule has 1 aliphatic rings. The zero-order valence-electron chi connectivity index (χ0n) is 12.0. The lowest BCUT2D eigenvalue weighted by Gasteiger charge is -2.31. The molecule has 5 nitrogen and oxygen atoms in total. The number of thiazole rings is 1. The molecule has 112 valence electrons. The summed E-state index contributed by atoms with van der Waals surface area (Å²) in [6.07, 6.45) is 3.58. The number of hydrogen-bond donors (Lipinski definition) is 1. The number of furan rings is 1. The second-order valence-electron chi connectivity index (χ2n) is 5.37. The van der Waals surface area contributed by atoms with E-state index in [1.807, 2.05) is 24.0 Å². The van der Waals surface area contributed by atoms with E-state index in [1.165, 1.54) is 11.3 Å². The van der Waals surface area contributed by atoms with E-state index in [4.69, 9.17) is 10.2 Å². The Bertz CT molecular complexity index is 613. The van der Waals surface area contributed by atoms with E-state index in [-0.39, 0.29) is 5.91 Å². The zero-order chi connectivity index (χ0) is 14.8. The quantitative estimate of drug-likeness (QED) is 0.945. The minimum Gasteiger partial charge on any atom is -0.462 e. The van der Waals surface area contributed by atoms with E-state index in [0.29, 0.717) is 23.9 Å². The molecule has 0 aromatic carbocycles. The number of nitrogens with two attached hydrogens (primary N) is 1. The van der Waals surface area contributed by atoms with E-state index in [1.54, 1.807) is 6.26 Å². The van der Waals surface area contributed by atoms with Crippen molar-refractivity contribution >= 4 is 17.2 Å². The van der Waals surface area contributed by atoms with Gasteiger partial charge < -0.3 is 15.1 Å². The third kappa shape index (κ3) is 2.87. The van der Waals surface area contributed by atoms with Gasteiger partial charge in [-0.15, -0.1) is 11.3 Å². The molecular weight excluding hydrogens is 286 g/mol. The first-order valence-electron chi connectivity index (χ1n) is 7.19. The molecule has 1 aliphatic heterocycles. The van der Waals surface area contributed by atoms with Gasteiger partial charge in [0, 0.05) is 18.0 Å². The predicted molar refractivity (Wildman–Crippen MR) is 82.2 cm³/mol. The van der Waals surface area contributed by atoms with Crippen LogP contribution in [-0.4, -0.2) is 35.4 Å². The average molecular weight is 305 g/mol. The molecule has 3 rings (SSSR count). The Morgan fingerprint density at radius 3 is 2.90 bits per heavy atom. The number of piperidine rings is 1. The Kier molecular flexibility index (Phi) is 4.07. The van der Waals surface area contributed by atoms with Gasteiger partial charge in [0.15, 0.2) is 10.8 Å². The highest BCUT2D eigenvalue weighted by Gasteiger charge is 2.26. The number of carbonyl (C=O) groups is 1. The highest BCUT2D eigenvalue weighted by atomic mass is 32.1. The standard InChI is InChI=1S/C15H19N3O2S/c1-10-13(17-14(21-10)12-3-2-8-20-12)15(19)18-6-4-11(9-16)5-7-18/h2-3,8,11H,4-7,9,16H2,1H3. The number of likely N-dealkylation sites (tertiary alicyclic amines) is 1. The van der Waals surface area contributed by atoms with Crippen LogP contribution in [0.25, 0.3) is 10.8 Å². The Morgan fingerprint density at radius 1 is 1.52 bits per heavy atom. The van der Waals surface area contributed by atoms with Crippen LogP contribution < -0.4 is 5.73 Å². The minimum atomic E-state index is 0.0250. The fraction of sp³-hybridized carbons (Fsp3) is 0.467. The largest absolute Gasteiger partial charge is 0.462 e. The topological polar surface area (TPSA) is 72.4 Å². The molecule has 0 bridgehead atoms. The maximum absolute atomic E-state index is 12.6. The van der Waals surface area contributed by atoms with Crippen molar-refractivity contribution in [3.63, 3.8) is 0 Å².